The number of pyridine rings is 1. The van der Waals surface area contributed by atoms with Crippen molar-refractivity contribution in [3.8, 4) is 0 Å². The van der Waals surface area contributed by atoms with E-state index in [1.54, 1.807) is 6.20 Å². The van der Waals surface area contributed by atoms with Crippen LogP contribution in [0.4, 0.5) is 5.82 Å². The lowest BCUT2D eigenvalue weighted by atomic mass is 10.1. The lowest BCUT2D eigenvalue weighted by Crippen LogP contribution is -2.31. The summed E-state index contributed by atoms with van der Waals surface area (Å²) >= 11 is 5.07. The van der Waals surface area contributed by atoms with E-state index in [0.29, 0.717) is 17.6 Å². The second kappa shape index (κ2) is 5.42. The third-order valence-electron chi connectivity index (χ3n) is 2.91. The van der Waals surface area contributed by atoms with Crippen molar-refractivity contribution in [1.82, 2.24) is 4.98 Å². The maximum atomic E-state index is 5.74. The lowest BCUT2D eigenvalue weighted by Gasteiger charge is -2.24. The standard InChI is InChI=1S/C12H17N3OS/c1-8-4-5-14-12(10(8)11(13)17)15-9-3-2-6-16-7-9/h4-5,9H,2-3,6-7H2,1H3,(H2,13,17)(H,14,15). The Hall–Kier alpha value is -1.20. The molecule has 0 saturated carbocycles. The first-order valence-electron chi connectivity index (χ1n) is 5.78. The third kappa shape index (κ3) is 2.92. The molecule has 1 unspecified atom stereocenters. The molecule has 1 aromatic rings. The molecule has 1 fully saturated rings. The number of nitrogens with zero attached hydrogens (tertiary/aromatic N) is 1. The van der Waals surface area contributed by atoms with Crippen LogP contribution in [0.2, 0.25) is 0 Å². The van der Waals surface area contributed by atoms with E-state index in [4.69, 9.17) is 22.7 Å². The predicted octanol–water partition coefficient (Wildman–Crippen LogP) is 1.62. The van der Waals surface area contributed by atoms with Crippen molar-refractivity contribution in [1.29, 1.82) is 0 Å². The maximum absolute atomic E-state index is 5.74. The van der Waals surface area contributed by atoms with Gasteiger partial charge in [-0.2, -0.15) is 0 Å². The first kappa shape index (κ1) is 12.3. The smallest absolute Gasteiger partial charge is 0.136 e. The predicted molar refractivity (Wildman–Crippen MR) is 72.3 cm³/mol. The Morgan fingerprint density at radius 2 is 2.47 bits per heavy atom. The minimum absolute atomic E-state index is 0.297. The molecule has 0 spiro atoms. The zero-order valence-electron chi connectivity index (χ0n) is 9.90. The van der Waals surface area contributed by atoms with Crippen LogP contribution in [-0.2, 0) is 4.74 Å². The van der Waals surface area contributed by atoms with Crippen LogP contribution in [0, 0.1) is 6.92 Å². The van der Waals surface area contributed by atoms with Gasteiger partial charge in [-0.25, -0.2) is 4.98 Å². The average Bonchev–Trinajstić information content (AvgIpc) is 2.30. The van der Waals surface area contributed by atoms with Crippen molar-refractivity contribution in [2.75, 3.05) is 18.5 Å². The van der Waals surface area contributed by atoms with Crippen molar-refractivity contribution >= 4 is 23.0 Å². The fourth-order valence-electron chi connectivity index (χ4n) is 2.03. The SMILES string of the molecule is Cc1ccnc(NC2CCCOC2)c1C(N)=S. The normalized spacial score (nSPS) is 19.9. The molecule has 1 atom stereocenters. The number of aromatic nitrogens is 1. The number of hydrogen-bond acceptors (Lipinski definition) is 4. The third-order valence-corrected chi connectivity index (χ3v) is 3.11. The molecule has 0 bridgehead atoms. The number of rotatable bonds is 3. The van der Waals surface area contributed by atoms with Crippen molar-refractivity contribution in [3.63, 3.8) is 0 Å². The molecule has 4 nitrogen and oxygen atoms in total. The maximum Gasteiger partial charge on any atom is 0.136 e. The molecule has 3 N–H and O–H groups in total. The van der Waals surface area contributed by atoms with Crippen LogP contribution in [0.15, 0.2) is 12.3 Å². The molecule has 0 amide bonds. The zero-order valence-corrected chi connectivity index (χ0v) is 10.7. The minimum Gasteiger partial charge on any atom is -0.389 e. The van der Waals surface area contributed by atoms with Gasteiger partial charge in [0.05, 0.1) is 18.2 Å². The van der Waals surface area contributed by atoms with Crippen LogP contribution in [0.1, 0.15) is 24.0 Å². The van der Waals surface area contributed by atoms with Crippen LogP contribution >= 0.6 is 12.2 Å². The molecule has 1 saturated heterocycles. The van der Waals surface area contributed by atoms with E-state index in [1.165, 1.54) is 0 Å². The Balaban J connectivity index is 2.19. The van der Waals surface area contributed by atoms with Gasteiger partial charge in [0.1, 0.15) is 10.8 Å². The number of ether oxygens (including phenoxy) is 1. The Morgan fingerprint density at radius 1 is 1.65 bits per heavy atom. The van der Waals surface area contributed by atoms with Crippen molar-refractivity contribution in [3.05, 3.63) is 23.4 Å². The van der Waals surface area contributed by atoms with Gasteiger partial charge in [-0.3, -0.25) is 0 Å². The highest BCUT2D eigenvalue weighted by Crippen LogP contribution is 2.19. The summed E-state index contributed by atoms with van der Waals surface area (Å²) in [5.74, 6) is 0.771. The summed E-state index contributed by atoms with van der Waals surface area (Å²) in [6.45, 7) is 3.55. The van der Waals surface area contributed by atoms with E-state index >= 15 is 0 Å². The van der Waals surface area contributed by atoms with Gasteiger partial charge in [-0.15, -0.1) is 0 Å². The Bertz CT molecular complexity index is 416. The van der Waals surface area contributed by atoms with Crippen molar-refractivity contribution in [2.24, 2.45) is 5.73 Å². The molecule has 1 aromatic heterocycles. The molecule has 0 radical (unpaired) electrons. The van der Waals surface area contributed by atoms with Gasteiger partial charge >= 0.3 is 0 Å². The van der Waals surface area contributed by atoms with Crippen molar-refractivity contribution < 1.29 is 4.74 Å². The van der Waals surface area contributed by atoms with E-state index in [9.17, 15) is 0 Å². The monoisotopic (exact) mass is 251 g/mol. The number of nitrogens with two attached hydrogens (primary N) is 1. The zero-order chi connectivity index (χ0) is 12.3. The summed E-state index contributed by atoms with van der Waals surface area (Å²) in [4.78, 5) is 4.70. The first-order valence-corrected chi connectivity index (χ1v) is 6.19. The number of aryl methyl sites for hydroxylation is 1. The fourth-order valence-corrected chi connectivity index (χ4v) is 2.28. The molecule has 17 heavy (non-hydrogen) atoms. The number of anilines is 1. The van der Waals surface area contributed by atoms with Crippen LogP contribution in [0.25, 0.3) is 0 Å². The highest BCUT2D eigenvalue weighted by atomic mass is 32.1. The van der Waals surface area contributed by atoms with Crippen LogP contribution in [0.5, 0.6) is 0 Å². The minimum atomic E-state index is 0.297. The van der Waals surface area contributed by atoms with E-state index < -0.39 is 0 Å². The molecule has 0 aromatic carbocycles. The summed E-state index contributed by atoms with van der Waals surface area (Å²) in [5, 5.41) is 3.37. The van der Waals surface area contributed by atoms with Crippen LogP contribution < -0.4 is 11.1 Å². The van der Waals surface area contributed by atoms with E-state index in [1.807, 2.05) is 13.0 Å². The highest BCUT2D eigenvalue weighted by Gasteiger charge is 2.17. The average molecular weight is 251 g/mol. The van der Waals surface area contributed by atoms with E-state index in [2.05, 4.69) is 10.3 Å². The van der Waals surface area contributed by atoms with Crippen LogP contribution in [0.3, 0.4) is 0 Å². The fraction of sp³-hybridized carbons (Fsp3) is 0.500. The van der Waals surface area contributed by atoms with Crippen molar-refractivity contribution in [2.45, 2.75) is 25.8 Å². The summed E-state index contributed by atoms with van der Waals surface area (Å²) in [6, 6.07) is 2.21. The quantitative estimate of drug-likeness (QED) is 0.799. The summed E-state index contributed by atoms with van der Waals surface area (Å²) in [7, 11) is 0. The van der Waals surface area contributed by atoms with Gasteiger partial charge in [0, 0.05) is 12.8 Å². The summed E-state index contributed by atoms with van der Waals surface area (Å²) in [5.41, 5.74) is 7.63. The summed E-state index contributed by atoms with van der Waals surface area (Å²) < 4.78 is 5.43. The molecule has 5 heteroatoms. The Morgan fingerprint density at radius 3 is 3.12 bits per heavy atom. The lowest BCUT2D eigenvalue weighted by molar-refractivity contribution is 0.0875. The van der Waals surface area contributed by atoms with Gasteiger partial charge in [0.2, 0.25) is 0 Å². The summed E-state index contributed by atoms with van der Waals surface area (Å²) in [6.07, 6.45) is 3.93. The molecular weight excluding hydrogens is 234 g/mol. The van der Waals surface area contributed by atoms with Gasteiger partial charge in [-0.1, -0.05) is 12.2 Å². The van der Waals surface area contributed by atoms with E-state index in [0.717, 1.165) is 36.4 Å². The molecule has 2 rings (SSSR count). The molecule has 1 aliphatic rings. The van der Waals surface area contributed by atoms with E-state index in [-0.39, 0.29) is 0 Å². The molecular formula is C12H17N3OS. The van der Waals surface area contributed by atoms with Crippen LogP contribution in [-0.4, -0.2) is 29.2 Å². The topological polar surface area (TPSA) is 60.2 Å². The van der Waals surface area contributed by atoms with Gasteiger partial charge in [-0.05, 0) is 31.4 Å². The second-order valence-electron chi connectivity index (χ2n) is 4.27. The first-order chi connectivity index (χ1) is 8.18. The van der Waals surface area contributed by atoms with Gasteiger partial charge < -0.3 is 15.8 Å². The molecule has 0 aliphatic carbocycles. The number of thiocarbonyl (C=S) groups is 1. The molecule has 92 valence electrons. The van der Waals surface area contributed by atoms with Gasteiger partial charge in [0.25, 0.3) is 0 Å². The number of nitrogens with one attached hydrogen (secondary N) is 1. The largest absolute Gasteiger partial charge is 0.389 e. The Labute approximate surface area is 107 Å². The highest BCUT2D eigenvalue weighted by molar-refractivity contribution is 7.80. The van der Waals surface area contributed by atoms with Gasteiger partial charge in [0.15, 0.2) is 0 Å². The molecule has 2 heterocycles. The Kier molecular flexibility index (Phi) is 3.91. The second-order valence-corrected chi connectivity index (χ2v) is 4.71. The number of hydrogen-bond donors (Lipinski definition) is 2. The molecule has 1 aliphatic heterocycles.